The molecule has 1 aromatic heterocycles. The van der Waals surface area contributed by atoms with E-state index in [-0.39, 0.29) is 24.1 Å². The molecule has 0 spiro atoms. The van der Waals surface area contributed by atoms with Crippen LogP contribution in [0.3, 0.4) is 0 Å². The second-order valence-corrected chi connectivity index (χ2v) is 10.5. The summed E-state index contributed by atoms with van der Waals surface area (Å²) in [4.78, 5) is 19.3. The van der Waals surface area contributed by atoms with Crippen molar-refractivity contribution in [1.29, 1.82) is 0 Å². The molecule has 1 aromatic carbocycles. The Morgan fingerprint density at radius 1 is 1.21 bits per heavy atom. The molecule has 2 heterocycles. The van der Waals surface area contributed by atoms with Crippen LogP contribution in [0.1, 0.15) is 53.6 Å². The van der Waals surface area contributed by atoms with E-state index in [0.717, 1.165) is 32.1 Å². The molecule has 1 aliphatic carbocycles. The Bertz CT molecular complexity index is 1190. The maximum absolute atomic E-state index is 13.1. The Morgan fingerprint density at radius 3 is 2.70 bits per heavy atom. The highest BCUT2D eigenvalue weighted by atomic mass is 32.2. The summed E-state index contributed by atoms with van der Waals surface area (Å²) in [5.74, 6) is 0.729. The number of hydrogen-bond acceptors (Lipinski definition) is 7. The number of fused-ring (bicyclic) bond motifs is 1. The van der Waals surface area contributed by atoms with Gasteiger partial charge in [0.1, 0.15) is 24.0 Å². The summed E-state index contributed by atoms with van der Waals surface area (Å²) in [5, 5.41) is 3.22. The van der Waals surface area contributed by atoms with Gasteiger partial charge in [-0.25, -0.2) is 13.4 Å². The molecule has 1 saturated carbocycles. The van der Waals surface area contributed by atoms with Crippen molar-refractivity contribution in [3.05, 3.63) is 53.2 Å². The lowest BCUT2D eigenvalue weighted by molar-refractivity contribution is 0.0788. The Morgan fingerprint density at radius 2 is 1.97 bits per heavy atom. The lowest BCUT2D eigenvalue weighted by Crippen LogP contribution is -2.54. The third-order valence-electron chi connectivity index (χ3n) is 6.10. The summed E-state index contributed by atoms with van der Waals surface area (Å²) in [6, 6.07) is 8.67. The summed E-state index contributed by atoms with van der Waals surface area (Å²) in [5.41, 5.74) is 7.05. The first kappa shape index (κ1) is 23.0. The number of nitrogens with one attached hydrogen (secondary N) is 1. The molecule has 0 saturated heterocycles. The summed E-state index contributed by atoms with van der Waals surface area (Å²) in [6.07, 6.45) is 6.28. The van der Waals surface area contributed by atoms with Crippen LogP contribution in [0.2, 0.25) is 0 Å². The standard InChI is InChI=1S/C23H29N5O4S/c1-28(2)19-13-16(9-12-25-19)22(29)26-23(10-4-3-5-11-23)15-32-18-8-6-7-17-14-33(30,31)27-21(24)20(17)18/h6-9,12-13H,3-5,10-11,14-15H2,1-2H3,(H2,24,27)(H,26,29). The van der Waals surface area contributed by atoms with Gasteiger partial charge in [-0.15, -0.1) is 4.40 Å². The SMILES string of the molecule is CN(C)c1cc(C(=O)NC2(COc3cccc4c3C(N)=NS(=O)(=O)C4)CCCCC2)ccn1. The van der Waals surface area contributed by atoms with E-state index in [0.29, 0.717) is 28.3 Å². The highest BCUT2D eigenvalue weighted by molar-refractivity contribution is 7.89. The fourth-order valence-corrected chi connectivity index (χ4v) is 5.49. The van der Waals surface area contributed by atoms with Gasteiger partial charge in [0.05, 0.1) is 16.9 Å². The van der Waals surface area contributed by atoms with Gasteiger partial charge >= 0.3 is 0 Å². The van der Waals surface area contributed by atoms with Gasteiger partial charge in [0.25, 0.3) is 15.9 Å². The van der Waals surface area contributed by atoms with Crippen molar-refractivity contribution in [3.63, 3.8) is 0 Å². The third kappa shape index (κ3) is 5.11. The number of carbonyl (C=O) groups is 1. The third-order valence-corrected chi connectivity index (χ3v) is 7.25. The van der Waals surface area contributed by atoms with E-state index >= 15 is 0 Å². The molecule has 176 valence electrons. The molecule has 3 N–H and O–H groups in total. The number of sulfonamides is 1. The highest BCUT2D eigenvalue weighted by Crippen LogP contribution is 2.32. The number of benzene rings is 1. The number of anilines is 1. The van der Waals surface area contributed by atoms with E-state index < -0.39 is 15.6 Å². The molecule has 2 aliphatic rings. The van der Waals surface area contributed by atoms with Gasteiger partial charge in [0, 0.05) is 25.9 Å². The van der Waals surface area contributed by atoms with E-state index in [9.17, 15) is 13.2 Å². The summed E-state index contributed by atoms with van der Waals surface area (Å²) >= 11 is 0. The quantitative estimate of drug-likeness (QED) is 0.661. The van der Waals surface area contributed by atoms with E-state index in [4.69, 9.17) is 10.5 Å². The Balaban J connectivity index is 1.56. The lowest BCUT2D eigenvalue weighted by atomic mass is 9.82. The second-order valence-electron chi connectivity index (χ2n) is 8.87. The average molecular weight is 472 g/mol. The molecule has 0 unspecified atom stereocenters. The zero-order valence-corrected chi connectivity index (χ0v) is 19.7. The van der Waals surface area contributed by atoms with Gasteiger partial charge in [-0.1, -0.05) is 31.4 Å². The molecule has 33 heavy (non-hydrogen) atoms. The highest BCUT2D eigenvalue weighted by Gasteiger charge is 2.36. The van der Waals surface area contributed by atoms with Crippen molar-refractivity contribution in [2.24, 2.45) is 10.1 Å². The van der Waals surface area contributed by atoms with Crippen LogP contribution in [-0.4, -0.2) is 51.4 Å². The molecule has 0 radical (unpaired) electrons. The lowest BCUT2D eigenvalue weighted by Gasteiger charge is -2.38. The van der Waals surface area contributed by atoms with Crippen LogP contribution in [0.5, 0.6) is 5.75 Å². The van der Waals surface area contributed by atoms with Gasteiger partial charge in [-0.05, 0) is 36.6 Å². The average Bonchev–Trinajstić information content (AvgIpc) is 2.77. The zero-order chi connectivity index (χ0) is 23.6. The Hall–Kier alpha value is -3.14. The van der Waals surface area contributed by atoms with Crippen LogP contribution in [0.15, 0.2) is 40.9 Å². The summed E-state index contributed by atoms with van der Waals surface area (Å²) in [7, 11) is 0.129. The molecule has 1 aliphatic heterocycles. The first-order valence-electron chi connectivity index (χ1n) is 11.0. The maximum atomic E-state index is 13.1. The van der Waals surface area contributed by atoms with Gasteiger partial charge in [0.2, 0.25) is 0 Å². The largest absolute Gasteiger partial charge is 0.490 e. The number of amidine groups is 1. The van der Waals surface area contributed by atoms with E-state index in [1.165, 1.54) is 0 Å². The second kappa shape index (κ2) is 9.01. The minimum Gasteiger partial charge on any atom is -0.490 e. The van der Waals surface area contributed by atoms with Crippen molar-refractivity contribution in [3.8, 4) is 5.75 Å². The van der Waals surface area contributed by atoms with E-state index in [1.54, 1.807) is 36.5 Å². The van der Waals surface area contributed by atoms with Gasteiger partial charge in [0.15, 0.2) is 0 Å². The zero-order valence-electron chi connectivity index (χ0n) is 18.9. The number of ether oxygens (including phenoxy) is 1. The van der Waals surface area contributed by atoms with Crippen LogP contribution in [0.4, 0.5) is 5.82 Å². The monoisotopic (exact) mass is 471 g/mol. The smallest absolute Gasteiger partial charge is 0.259 e. The number of amides is 1. The molecular weight excluding hydrogens is 442 g/mol. The Labute approximate surface area is 194 Å². The maximum Gasteiger partial charge on any atom is 0.259 e. The van der Waals surface area contributed by atoms with Crippen molar-refractivity contribution >= 4 is 27.6 Å². The number of rotatable bonds is 6. The van der Waals surface area contributed by atoms with Crippen molar-refractivity contribution in [1.82, 2.24) is 10.3 Å². The van der Waals surface area contributed by atoms with Crippen LogP contribution >= 0.6 is 0 Å². The summed E-state index contributed by atoms with van der Waals surface area (Å²) < 4.78 is 33.7. The van der Waals surface area contributed by atoms with E-state index in [2.05, 4.69) is 14.7 Å². The normalized spacial score (nSPS) is 18.5. The molecule has 10 heteroatoms. The molecule has 1 fully saturated rings. The van der Waals surface area contributed by atoms with Crippen molar-refractivity contribution in [2.75, 3.05) is 25.6 Å². The summed E-state index contributed by atoms with van der Waals surface area (Å²) in [6.45, 7) is 0.251. The first-order valence-corrected chi connectivity index (χ1v) is 12.6. The number of aromatic nitrogens is 1. The molecule has 4 rings (SSSR count). The minimum atomic E-state index is -3.62. The molecular formula is C23H29N5O4S. The number of hydrogen-bond donors (Lipinski definition) is 2. The number of nitrogens with zero attached hydrogens (tertiary/aromatic N) is 3. The molecule has 9 nitrogen and oxygen atoms in total. The topological polar surface area (TPSA) is 127 Å². The van der Waals surface area contributed by atoms with Crippen LogP contribution < -0.4 is 20.7 Å². The van der Waals surface area contributed by atoms with E-state index in [1.807, 2.05) is 19.0 Å². The Kier molecular flexibility index (Phi) is 6.29. The van der Waals surface area contributed by atoms with Crippen LogP contribution in [0, 0.1) is 0 Å². The van der Waals surface area contributed by atoms with Crippen LogP contribution in [-0.2, 0) is 15.8 Å². The predicted octanol–water partition coefficient (Wildman–Crippen LogP) is 2.21. The van der Waals surface area contributed by atoms with Gasteiger partial charge < -0.3 is 20.7 Å². The molecule has 0 bridgehead atoms. The number of carbonyl (C=O) groups excluding carboxylic acids is 1. The van der Waals surface area contributed by atoms with Crippen LogP contribution in [0.25, 0.3) is 0 Å². The molecule has 0 atom stereocenters. The van der Waals surface area contributed by atoms with Crippen molar-refractivity contribution < 1.29 is 17.9 Å². The molecule has 1 amide bonds. The predicted molar refractivity (Wildman–Crippen MR) is 127 cm³/mol. The van der Waals surface area contributed by atoms with Crippen molar-refractivity contribution in [2.45, 2.75) is 43.4 Å². The fourth-order valence-electron chi connectivity index (χ4n) is 4.40. The number of pyridine rings is 1. The van der Waals surface area contributed by atoms with Gasteiger partial charge in [-0.3, -0.25) is 4.79 Å². The minimum absolute atomic E-state index is 0.0680. The first-order chi connectivity index (χ1) is 15.7. The molecule has 2 aromatic rings. The number of nitrogens with two attached hydrogens (primary N) is 1. The fraction of sp³-hybridized carbons (Fsp3) is 0.435. The van der Waals surface area contributed by atoms with Gasteiger partial charge in [-0.2, -0.15) is 0 Å².